The Kier molecular flexibility index (Phi) is 8.00. The zero-order valence-electron chi connectivity index (χ0n) is 24.4. The van der Waals surface area contributed by atoms with Gasteiger partial charge in [-0.1, -0.05) is 62.4 Å². The van der Waals surface area contributed by atoms with Crippen molar-refractivity contribution in [2.24, 2.45) is 16.8 Å². The van der Waals surface area contributed by atoms with Gasteiger partial charge in [0.15, 0.2) is 0 Å². The molecule has 7 nitrogen and oxygen atoms in total. The molecule has 2 aromatic carbocycles. The molecule has 0 radical (unpaired) electrons. The van der Waals surface area contributed by atoms with Gasteiger partial charge in [0.25, 0.3) is 0 Å². The first-order chi connectivity index (χ1) is 19.9. The Morgan fingerprint density at radius 3 is 2.41 bits per heavy atom. The fraction of sp³-hybridized carbons (Fsp3) is 0.471. The molecule has 2 fully saturated rings. The van der Waals surface area contributed by atoms with Crippen LogP contribution in [0, 0.1) is 11.8 Å². The van der Waals surface area contributed by atoms with Gasteiger partial charge in [-0.3, -0.25) is 4.79 Å². The standard InChI is InChI=1S/C34H43N5O2/c1-26(2)21-36-17-14-30(31(23-36)27-9-5-3-6-10-27)33(40)38-19-15-34(41,16-20-38)24-37-22-28-13-18-39(32(28)35-25-37)29-11-7-4-8-12-29/h3-13,18,22,26,30-31,41H,14-17,19-21,23-25H2,1-2H3/t30-,31+/m1/s1. The van der Waals surface area contributed by atoms with Gasteiger partial charge in [0.2, 0.25) is 5.91 Å². The van der Waals surface area contributed by atoms with Gasteiger partial charge in [-0.05, 0) is 55.5 Å². The number of piperidine rings is 2. The second-order valence-electron chi connectivity index (χ2n) is 12.6. The van der Waals surface area contributed by atoms with Crippen LogP contribution in [0.1, 0.15) is 44.6 Å². The number of para-hydroxylation sites is 1. The van der Waals surface area contributed by atoms with Gasteiger partial charge in [-0.25, -0.2) is 4.99 Å². The van der Waals surface area contributed by atoms with Crippen LogP contribution in [0.25, 0.3) is 11.9 Å². The molecule has 3 aliphatic heterocycles. The summed E-state index contributed by atoms with van der Waals surface area (Å²) >= 11 is 0. The van der Waals surface area contributed by atoms with Crippen molar-refractivity contribution in [1.29, 1.82) is 0 Å². The molecule has 1 aromatic heterocycles. The number of aliphatic hydroxyl groups is 1. The molecule has 41 heavy (non-hydrogen) atoms. The molecule has 1 amide bonds. The third kappa shape index (κ3) is 6.11. The van der Waals surface area contributed by atoms with Crippen molar-refractivity contribution in [3.8, 4) is 5.69 Å². The van der Waals surface area contributed by atoms with Crippen molar-refractivity contribution in [2.75, 3.05) is 45.9 Å². The first-order valence-electron chi connectivity index (χ1n) is 15.2. The molecule has 3 aromatic rings. The first-order valence-corrected chi connectivity index (χ1v) is 15.2. The summed E-state index contributed by atoms with van der Waals surface area (Å²) in [5.41, 5.74) is 2.47. The molecule has 7 heteroatoms. The molecular weight excluding hydrogens is 510 g/mol. The Bertz CT molecular complexity index is 1440. The minimum absolute atomic E-state index is 0.00620. The van der Waals surface area contributed by atoms with Gasteiger partial charge < -0.3 is 24.4 Å². The highest BCUT2D eigenvalue weighted by Crippen LogP contribution is 2.35. The van der Waals surface area contributed by atoms with Crippen LogP contribution in [0.15, 0.2) is 77.9 Å². The van der Waals surface area contributed by atoms with Crippen molar-refractivity contribution in [2.45, 2.75) is 44.6 Å². The average molecular weight is 554 g/mol. The van der Waals surface area contributed by atoms with Crippen molar-refractivity contribution in [3.05, 3.63) is 89.2 Å². The van der Waals surface area contributed by atoms with E-state index in [0.29, 0.717) is 45.1 Å². The van der Waals surface area contributed by atoms with Gasteiger partial charge in [-0.2, -0.15) is 0 Å². The number of hydrogen-bond donors (Lipinski definition) is 1. The third-order valence-corrected chi connectivity index (χ3v) is 9.02. The fourth-order valence-electron chi connectivity index (χ4n) is 6.94. The number of aromatic nitrogens is 1. The predicted octanol–water partition coefficient (Wildman–Crippen LogP) is 3.22. The number of nitrogens with zero attached hydrogens (tertiary/aromatic N) is 5. The van der Waals surface area contributed by atoms with E-state index >= 15 is 0 Å². The molecule has 0 aliphatic carbocycles. The lowest BCUT2D eigenvalue weighted by Crippen LogP contribution is -2.54. The van der Waals surface area contributed by atoms with Crippen LogP contribution in [0.2, 0.25) is 0 Å². The van der Waals surface area contributed by atoms with Gasteiger partial charge >= 0.3 is 0 Å². The summed E-state index contributed by atoms with van der Waals surface area (Å²) in [6.07, 6.45) is 6.23. The Morgan fingerprint density at radius 2 is 1.71 bits per heavy atom. The molecule has 3 aliphatic rings. The zero-order valence-corrected chi connectivity index (χ0v) is 24.4. The monoisotopic (exact) mass is 553 g/mol. The summed E-state index contributed by atoms with van der Waals surface area (Å²) in [5, 5.41) is 12.6. The lowest BCUT2D eigenvalue weighted by molar-refractivity contribution is -0.142. The summed E-state index contributed by atoms with van der Waals surface area (Å²) in [7, 11) is 0. The third-order valence-electron chi connectivity index (χ3n) is 9.02. The number of fused-ring (bicyclic) bond motifs is 1. The van der Waals surface area contributed by atoms with E-state index in [-0.39, 0.29) is 17.7 Å². The summed E-state index contributed by atoms with van der Waals surface area (Å²) in [4.78, 5) is 25.4. The first kappa shape index (κ1) is 27.7. The van der Waals surface area contributed by atoms with Gasteiger partial charge in [-0.15, -0.1) is 0 Å². The summed E-state index contributed by atoms with van der Waals surface area (Å²) in [6, 6.07) is 22.9. The molecule has 0 saturated carbocycles. The SMILES string of the molecule is CC(C)CN1CC[C@@H](C(=O)N2CCC(O)(CN3C=c4ccn(-c5ccccc5)c4=NC3)CC2)[C@H](c2ccccc2)C1. The number of likely N-dealkylation sites (tertiary alicyclic amines) is 2. The quantitative estimate of drug-likeness (QED) is 0.488. The average Bonchev–Trinajstić information content (AvgIpc) is 3.41. The molecule has 0 unspecified atom stereocenters. The van der Waals surface area contributed by atoms with E-state index in [9.17, 15) is 9.90 Å². The maximum atomic E-state index is 13.9. The largest absolute Gasteiger partial charge is 0.388 e. The maximum Gasteiger partial charge on any atom is 0.226 e. The van der Waals surface area contributed by atoms with Crippen LogP contribution in [0.3, 0.4) is 0 Å². The van der Waals surface area contributed by atoms with Crippen LogP contribution < -0.4 is 10.7 Å². The molecule has 4 heterocycles. The van der Waals surface area contributed by atoms with Gasteiger partial charge in [0.05, 0.1) is 5.60 Å². The highest BCUT2D eigenvalue weighted by molar-refractivity contribution is 5.80. The number of carbonyl (C=O) groups excluding carboxylic acids is 1. The van der Waals surface area contributed by atoms with Crippen molar-refractivity contribution in [1.82, 2.24) is 19.3 Å². The van der Waals surface area contributed by atoms with Gasteiger partial charge in [0.1, 0.15) is 12.2 Å². The molecule has 216 valence electrons. The van der Waals surface area contributed by atoms with Crippen LogP contribution in [-0.4, -0.2) is 81.8 Å². The number of β-amino-alcohol motifs (C(OH)–C–C–N with tert-alkyl or cyclic N) is 1. The molecule has 0 spiro atoms. The van der Waals surface area contributed by atoms with E-state index in [1.165, 1.54) is 5.56 Å². The number of amides is 1. The van der Waals surface area contributed by atoms with E-state index in [0.717, 1.165) is 42.4 Å². The molecule has 2 atom stereocenters. The van der Waals surface area contributed by atoms with E-state index in [1.807, 2.05) is 29.2 Å². The normalized spacial score (nSPS) is 22.6. The number of benzene rings is 2. The predicted molar refractivity (Wildman–Crippen MR) is 162 cm³/mol. The van der Waals surface area contributed by atoms with Crippen LogP contribution in [0.5, 0.6) is 0 Å². The Balaban J connectivity index is 1.09. The summed E-state index contributed by atoms with van der Waals surface area (Å²) in [6.45, 7) is 9.73. The maximum absolute atomic E-state index is 13.9. The van der Waals surface area contributed by atoms with Gasteiger partial charge in [0, 0.05) is 67.9 Å². The Labute approximate surface area is 243 Å². The van der Waals surface area contributed by atoms with Crippen molar-refractivity contribution < 1.29 is 9.90 Å². The topological polar surface area (TPSA) is 64.3 Å². The second kappa shape index (κ2) is 11.8. The van der Waals surface area contributed by atoms with E-state index < -0.39 is 5.60 Å². The lowest BCUT2D eigenvalue weighted by atomic mass is 9.79. The van der Waals surface area contributed by atoms with Crippen LogP contribution in [0.4, 0.5) is 0 Å². The van der Waals surface area contributed by atoms with Crippen LogP contribution >= 0.6 is 0 Å². The molecular formula is C34H43N5O2. The lowest BCUT2D eigenvalue weighted by Gasteiger charge is -2.44. The smallest absolute Gasteiger partial charge is 0.226 e. The minimum Gasteiger partial charge on any atom is -0.388 e. The molecule has 6 rings (SSSR count). The summed E-state index contributed by atoms with van der Waals surface area (Å²) < 4.78 is 2.11. The zero-order chi connectivity index (χ0) is 28.4. The summed E-state index contributed by atoms with van der Waals surface area (Å²) in [5.74, 6) is 1.07. The van der Waals surface area contributed by atoms with E-state index in [2.05, 4.69) is 83.1 Å². The molecule has 1 N–H and O–H groups in total. The highest BCUT2D eigenvalue weighted by Gasteiger charge is 2.41. The van der Waals surface area contributed by atoms with E-state index in [4.69, 9.17) is 4.99 Å². The number of hydrogen-bond acceptors (Lipinski definition) is 5. The Morgan fingerprint density at radius 1 is 1.00 bits per heavy atom. The van der Waals surface area contributed by atoms with Crippen molar-refractivity contribution >= 4 is 12.1 Å². The van der Waals surface area contributed by atoms with Crippen LogP contribution in [-0.2, 0) is 4.79 Å². The molecule has 2 saturated heterocycles. The highest BCUT2D eigenvalue weighted by atomic mass is 16.3. The number of rotatable bonds is 7. The van der Waals surface area contributed by atoms with Crippen molar-refractivity contribution in [3.63, 3.8) is 0 Å². The molecule has 0 bridgehead atoms. The fourth-order valence-corrected chi connectivity index (χ4v) is 6.94. The van der Waals surface area contributed by atoms with E-state index in [1.54, 1.807) is 0 Å². The minimum atomic E-state index is -0.832. The Hall–Kier alpha value is -3.42. The number of carbonyl (C=O) groups is 1. The second-order valence-corrected chi connectivity index (χ2v) is 12.6.